The fraction of sp³-hybridized carbons (Fsp3) is 0.250. The van der Waals surface area contributed by atoms with Gasteiger partial charge in [-0.25, -0.2) is 0 Å². The summed E-state index contributed by atoms with van der Waals surface area (Å²) in [7, 11) is 0. The quantitative estimate of drug-likeness (QED) is 0.728. The summed E-state index contributed by atoms with van der Waals surface area (Å²) in [6.45, 7) is 6.17. The van der Waals surface area contributed by atoms with Crippen molar-refractivity contribution in [1.82, 2.24) is 15.5 Å². The molecule has 0 aliphatic carbocycles. The van der Waals surface area contributed by atoms with Gasteiger partial charge in [0.1, 0.15) is 11.8 Å². The second kappa shape index (κ2) is 7.82. The summed E-state index contributed by atoms with van der Waals surface area (Å²) >= 11 is 0. The number of rotatable bonds is 6. The van der Waals surface area contributed by atoms with Gasteiger partial charge in [-0.2, -0.15) is 4.98 Å². The Morgan fingerprint density at radius 2 is 2.04 bits per heavy atom. The molecule has 3 aromatic rings. The van der Waals surface area contributed by atoms with E-state index in [0.29, 0.717) is 29.6 Å². The zero-order chi connectivity index (χ0) is 18.5. The number of aromatic nitrogens is 2. The van der Waals surface area contributed by atoms with Crippen molar-refractivity contribution in [3.8, 4) is 17.1 Å². The molecule has 0 radical (unpaired) electrons. The largest absolute Gasteiger partial charge is 0.493 e. The van der Waals surface area contributed by atoms with Crippen LogP contribution in [-0.4, -0.2) is 22.7 Å². The summed E-state index contributed by atoms with van der Waals surface area (Å²) in [6, 6.07) is 14.5. The monoisotopic (exact) mass is 351 g/mol. The number of ether oxygens (including phenoxy) is 1. The second-order valence-electron chi connectivity index (χ2n) is 5.95. The summed E-state index contributed by atoms with van der Waals surface area (Å²) in [5, 5.41) is 6.89. The summed E-state index contributed by atoms with van der Waals surface area (Å²) in [5.41, 5.74) is 2.46. The standard InChI is InChI=1S/C20H21N3O3/c1-4-25-17-11-6-5-10-16(17)19(24)21-14(3)20-22-18(23-26-20)15-9-7-8-13(2)12-15/h5-12,14H,4H2,1-3H3,(H,21,24). The Morgan fingerprint density at radius 1 is 1.23 bits per heavy atom. The maximum Gasteiger partial charge on any atom is 0.255 e. The van der Waals surface area contributed by atoms with Crippen LogP contribution in [0.4, 0.5) is 0 Å². The van der Waals surface area contributed by atoms with Crippen molar-refractivity contribution in [3.63, 3.8) is 0 Å². The van der Waals surface area contributed by atoms with Gasteiger partial charge in [-0.1, -0.05) is 41.1 Å². The van der Waals surface area contributed by atoms with Crippen LogP contribution in [0, 0.1) is 6.92 Å². The summed E-state index contributed by atoms with van der Waals surface area (Å²) < 4.78 is 10.8. The fourth-order valence-corrected chi connectivity index (χ4v) is 2.58. The maximum atomic E-state index is 12.6. The zero-order valence-corrected chi connectivity index (χ0v) is 15.0. The number of para-hydroxylation sites is 1. The summed E-state index contributed by atoms with van der Waals surface area (Å²) in [4.78, 5) is 17.0. The predicted molar refractivity (Wildman–Crippen MR) is 98.0 cm³/mol. The predicted octanol–water partition coefficient (Wildman–Crippen LogP) is 3.93. The number of carbonyl (C=O) groups excluding carboxylic acids is 1. The van der Waals surface area contributed by atoms with Gasteiger partial charge in [-0.3, -0.25) is 4.79 Å². The van der Waals surface area contributed by atoms with Crippen molar-refractivity contribution >= 4 is 5.91 Å². The average molecular weight is 351 g/mol. The number of hydrogen-bond donors (Lipinski definition) is 1. The molecular weight excluding hydrogens is 330 g/mol. The SMILES string of the molecule is CCOc1ccccc1C(=O)NC(C)c1nc(-c2cccc(C)c2)no1. The van der Waals surface area contributed by atoms with Gasteiger partial charge >= 0.3 is 0 Å². The minimum Gasteiger partial charge on any atom is -0.493 e. The van der Waals surface area contributed by atoms with Crippen molar-refractivity contribution in [1.29, 1.82) is 0 Å². The molecule has 1 N–H and O–H groups in total. The molecule has 134 valence electrons. The van der Waals surface area contributed by atoms with Gasteiger partial charge < -0.3 is 14.6 Å². The first kappa shape index (κ1) is 17.7. The minimum atomic E-state index is -0.428. The number of carbonyl (C=O) groups is 1. The second-order valence-corrected chi connectivity index (χ2v) is 5.95. The topological polar surface area (TPSA) is 77.2 Å². The van der Waals surface area contributed by atoms with Gasteiger partial charge in [0.05, 0.1) is 12.2 Å². The number of nitrogens with zero attached hydrogens (tertiary/aromatic N) is 2. The molecule has 0 bridgehead atoms. The van der Waals surface area contributed by atoms with E-state index >= 15 is 0 Å². The van der Waals surface area contributed by atoms with Crippen LogP contribution in [0.2, 0.25) is 0 Å². The van der Waals surface area contributed by atoms with Crippen LogP contribution in [-0.2, 0) is 0 Å². The van der Waals surface area contributed by atoms with Crippen molar-refractivity contribution in [3.05, 3.63) is 65.5 Å². The highest BCUT2D eigenvalue weighted by molar-refractivity contribution is 5.97. The molecule has 0 saturated heterocycles. The highest BCUT2D eigenvalue weighted by atomic mass is 16.5. The van der Waals surface area contributed by atoms with Gasteiger partial charge in [-0.15, -0.1) is 0 Å². The molecule has 0 aliphatic rings. The number of benzene rings is 2. The molecule has 0 spiro atoms. The van der Waals surface area contributed by atoms with Crippen LogP contribution in [0.3, 0.4) is 0 Å². The Morgan fingerprint density at radius 3 is 2.81 bits per heavy atom. The third kappa shape index (κ3) is 3.91. The molecule has 6 heteroatoms. The fourth-order valence-electron chi connectivity index (χ4n) is 2.58. The van der Waals surface area contributed by atoms with Crippen molar-refractivity contribution in [2.45, 2.75) is 26.8 Å². The number of aryl methyl sites for hydroxylation is 1. The molecule has 3 rings (SSSR count). The third-order valence-electron chi connectivity index (χ3n) is 3.87. The van der Waals surface area contributed by atoms with Gasteiger partial charge in [0.2, 0.25) is 11.7 Å². The number of hydrogen-bond acceptors (Lipinski definition) is 5. The molecule has 0 fully saturated rings. The van der Waals surface area contributed by atoms with E-state index in [9.17, 15) is 4.79 Å². The summed E-state index contributed by atoms with van der Waals surface area (Å²) in [6.07, 6.45) is 0. The molecule has 1 amide bonds. The van der Waals surface area contributed by atoms with E-state index in [2.05, 4.69) is 15.5 Å². The molecule has 0 saturated carbocycles. The van der Waals surface area contributed by atoms with E-state index in [0.717, 1.165) is 11.1 Å². The molecule has 1 heterocycles. The Kier molecular flexibility index (Phi) is 5.31. The van der Waals surface area contributed by atoms with Crippen molar-refractivity contribution in [2.75, 3.05) is 6.61 Å². The van der Waals surface area contributed by atoms with E-state index < -0.39 is 6.04 Å². The van der Waals surface area contributed by atoms with Gasteiger partial charge in [0, 0.05) is 5.56 Å². The lowest BCUT2D eigenvalue weighted by Gasteiger charge is -2.12. The van der Waals surface area contributed by atoms with Crippen LogP contribution >= 0.6 is 0 Å². The van der Waals surface area contributed by atoms with Crippen LogP contribution < -0.4 is 10.1 Å². The Hall–Kier alpha value is -3.15. The van der Waals surface area contributed by atoms with Gasteiger partial charge in [-0.05, 0) is 39.0 Å². The van der Waals surface area contributed by atoms with E-state index in [4.69, 9.17) is 9.26 Å². The van der Waals surface area contributed by atoms with Crippen LogP contribution in [0.15, 0.2) is 53.1 Å². The van der Waals surface area contributed by atoms with Crippen LogP contribution in [0.1, 0.15) is 41.7 Å². The maximum absolute atomic E-state index is 12.6. The summed E-state index contributed by atoms with van der Waals surface area (Å²) in [5.74, 6) is 1.14. The first-order valence-electron chi connectivity index (χ1n) is 8.51. The lowest BCUT2D eigenvalue weighted by Crippen LogP contribution is -2.27. The van der Waals surface area contributed by atoms with Gasteiger partial charge in [0.25, 0.3) is 5.91 Å². The van der Waals surface area contributed by atoms with Crippen molar-refractivity contribution < 1.29 is 14.1 Å². The van der Waals surface area contributed by atoms with Crippen LogP contribution in [0.5, 0.6) is 5.75 Å². The molecule has 1 atom stereocenters. The lowest BCUT2D eigenvalue weighted by atomic mass is 10.1. The van der Waals surface area contributed by atoms with E-state index in [1.807, 2.05) is 44.2 Å². The normalized spacial score (nSPS) is 11.8. The average Bonchev–Trinajstić information content (AvgIpc) is 3.13. The Bertz CT molecular complexity index is 905. The van der Waals surface area contributed by atoms with E-state index in [1.54, 1.807) is 25.1 Å². The first-order valence-corrected chi connectivity index (χ1v) is 8.51. The molecule has 1 aromatic heterocycles. The molecule has 1 unspecified atom stereocenters. The van der Waals surface area contributed by atoms with Crippen LogP contribution in [0.25, 0.3) is 11.4 Å². The molecule has 0 aliphatic heterocycles. The van der Waals surface area contributed by atoms with E-state index in [-0.39, 0.29) is 5.91 Å². The zero-order valence-electron chi connectivity index (χ0n) is 15.0. The third-order valence-corrected chi connectivity index (χ3v) is 3.87. The molecule has 2 aromatic carbocycles. The Balaban J connectivity index is 1.75. The van der Waals surface area contributed by atoms with E-state index in [1.165, 1.54) is 0 Å². The number of amides is 1. The number of nitrogens with one attached hydrogen (secondary N) is 1. The first-order chi connectivity index (χ1) is 12.6. The highest BCUT2D eigenvalue weighted by Crippen LogP contribution is 2.22. The smallest absolute Gasteiger partial charge is 0.255 e. The Labute approximate surface area is 152 Å². The minimum absolute atomic E-state index is 0.253. The molecule has 6 nitrogen and oxygen atoms in total. The highest BCUT2D eigenvalue weighted by Gasteiger charge is 2.20. The molecular formula is C20H21N3O3. The van der Waals surface area contributed by atoms with Crippen molar-refractivity contribution in [2.24, 2.45) is 0 Å². The lowest BCUT2D eigenvalue weighted by molar-refractivity contribution is 0.0928. The molecule has 26 heavy (non-hydrogen) atoms. The van der Waals surface area contributed by atoms with Gasteiger partial charge in [0.15, 0.2) is 0 Å².